The quantitative estimate of drug-likeness (QED) is 0.418. The van der Waals surface area contributed by atoms with Crippen LogP contribution in [0.1, 0.15) is 18.0 Å². The van der Waals surface area contributed by atoms with Gasteiger partial charge in [0.15, 0.2) is 0 Å². The molecular weight excluding hydrogens is 413 g/mol. The van der Waals surface area contributed by atoms with Crippen LogP contribution in [0, 0.1) is 0 Å². The Kier molecular flexibility index (Phi) is 3.97. The van der Waals surface area contributed by atoms with Crippen molar-refractivity contribution in [2.24, 2.45) is 7.05 Å². The Bertz CT molecular complexity index is 1550. The first-order valence-electron chi connectivity index (χ1n) is 10.0. The smallest absolute Gasteiger partial charge is 0.278 e. The maximum Gasteiger partial charge on any atom is 0.278 e. The van der Waals surface area contributed by atoms with Crippen LogP contribution in [0.4, 0.5) is 4.39 Å². The molecule has 0 spiro atoms. The summed E-state index contributed by atoms with van der Waals surface area (Å²) < 4.78 is 20.6. The van der Waals surface area contributed by atoms with Crippen molar-refractivity contribution in [3.05, 3.63) is 82.0 Å². The van der Waals surface area contributed by atoms with E-state index in [-0.39, 0.29) is 11.4 Å². The monoisotopic (exact) mass is 431 g/mol. The molecule has 0 saturated carbocycles. The van der Waals surface area contributed by atoms with Gasteiger partial charge in [-0.3, -0.25) is 9.48 Å². The fourth-order valence-electron chi connectivity index (χ4n) is 4.30. The van der Waals surface area contributed by atoms with E-state index in [9.17, 15) is 9.18 Å². The number of aromatic nitrogens is 5. The first-order chi connectivity index (χ1) is 15.1. The largest absolute Gasteiger partial charge is 0.341 e. The van der Waals surface area contributed by atoms with E-state index in [1.165, 1.54) is 10.8 Å². The van der Waals surface area contributed by atoms with Gasteiger partial charge < -0.3 is 4.57 Å². The summed E-state index contributed by atoms with van der Waals surface area (Å²) in [7, 11) is 1.92. The molecule has 0 radical (unpaired) electrons. The van der Waals surface area contributed by atoms with Gasteiger partial charge in [0.2, 0.25) is 0 Å². The molecule has 0 saturated heterocycles. The van der Waals surface area contributed by atoms with E-state index in [1.54, 1.807) is 17.4 Å². The molecular formula is C23H18FN5OS. The molecule has 0 amide bonds. The summed E-state index contributed by atoms with van der Waals surface area (Å²) in [6.45, 7) is 0.610. The number of aryl methyl sites for hydroxylation is 1. The first-order valence-corrected chi connectivity index (χ1v) is 10.9. The number of pyridine rings is 1. The van der Waals surface area contributed by atoms with Crippen LogP contribution >= 0.6 is 11.3 Å². The Balaban J connectivity index is 1.49. The molecule has 3 aliphatic rings. The average molecular weight is 431 g/mol. The molecule has 1 aliphatic carbocycles. The third-order valence-corrected chi connectivity index (χ3v) is 6.79. The molecule has 6 rings (SSSR count). The molecule has 1 unspecified atom stereocenters. The highest BCUT2D eigenvalue weighted by atomic mass is 32.1. The zero-order chi connectivity index (χ0) is 21.1. The van der Waals surface area contributed by atoms with Crippen LogP contribution < -0.4 is 5.56 Å². The minimum Gasteiger partial charge on any atom is -0.341 e. The summed E-state index contributed by atoms with van der Waals surface area (Å²) in [5, 5.41) is 11.9. The zero-order valence-corrected chi connectivity index (χ0v) is 17.5. The van der Waals surface area contributed by atoms with E-state index in [0.29, 0.717) is 24.2 Å². The van der Waals surface area contributed by atoms with Crippen molar-refractivity contribution in [3.63, 3.8) is 0 Å². The average Bonchev–Trinajstić information content (AvgIpc) is 3.47. The van der Waals surface area contributed by atoms with Crippen molar-refractivity contribution in [1.82, 2.24) is 24.1 Å². The fraction of sp³-hybridized carbons (Fsp3) is 0.174. The molecule has 154 valence electrons. The van der Waals surface area contributed by atoms with Crippen LogP contribution in [-0.4, -0.2) is 24.1 Å². The molecule has 31 heavy (non-hydrogen) atoms. The molecule has 6 nitrogen and oxygen atoms in total. The van der Waals surface area contributed by atoms with Gasteiger partial charge in [-0.05, 0) is 41.6 Å². The summed E-state index contributed by atoms with van der Waals surface area (Å²) in [6.07, 6.45) is 9.05. The minimum atomic E-state index is -0.679. The molecule has 1 aromatic carbocycles. The van der Waals surface area contributed by atoms with Gasteiger partial charge in [0.05, 0.1) is 27.5 Å². The topological polar surface area (TPSA) is 57.6 Å². The van der Waals surface area contributed by atoms with Crippen molar-refractivity contribution in [3.8, 4) is 11.3 Å². The van der Waals surface area contributed by atoms with Gasteiger partial charge in [0.1, 0.15) is 17.6 Å². The second-order valence-electron chi connectivity index (χ2n) is 7.80. The van der Waals surface area contributed by atoms with E-state index in [0.717, 1.165) is 26.7 Å². The molecule has 0 N–H and O–H groups in total. The predicted molar refractivity (Wildman–Crippen MR) is 120 cm³/mol. The van der Waals surface area contributed by atoms with E-state index in [2.05, 4.69) is 33.0 Å². The molecule has 3 aromatic rings. The van der Waals surface area contributed by atoms with Crippen LogP contribution in [0.3, 0.4) is 0 Å². The maximum absolute atomic E-state index is 14.4. The zero-order valence-electron chi connectivity index (χ0n) is 16.7. The van der Waals surface area contributed by atoms with Crippen LogP contribution in [0.2, 0.25) is 0 Å². The van der Waals surface area contributed by atoms with Crippen LogP contribution in [0.15, 0.2) is 70.9 Å². The van der Waals surface area contributed by atoms with Crippen molar-refractivity contribution in [2.75, 3.05) is 0 Å². The lowest BCUT2D eigenvalue weighted by atomic mass is 10.1. The number of hydrogen-bond acceptors (Lipinski definition) is 4. The summed E-state index contributed by atoms with van der Waals surface area (Å²) in [4.78, 5) is 13.2. The molecule has 4 heterocycles. The van der Waals surface area contributed by atoms with Crippen LogP contribution in [0.25, 0.3) is 32.4 Å². The predicted octanol–water partition coefficient (Wildman–Crippen LogP) is 4.65. The van der Waals surface area contributed by atoms with Gasteiger partial charge in [-0.25, -0.2) is 9.07 Å². The Hall–Kier alpha value is -3.52. The van der Waals surface area contributed by atoms with Gasteiger partial charge in [0, 0.05) is 25.2 Å². The molecule has 0 bridgehead atoms. The number of rotatable bonds is 3. The lowest BCUT2D eigenvalue weighted by molar-refractivity contribution is 0.413. The van der Waals surface area contributed by atoms with Crippen molar-refractivity contribution < 1.29 is 4.39 Å². The van der Waals surface area contributed by atoms with Gasteiger partial charge >= 0.3 is 0 Å². The normalized spacial score (nSPS) is 16.6. The summed E-state index contributed by atoms with van der Waals surface area (Å²) in [5.41, 5.74) is 4.09. The van der Waals surface area contributed by atoms with E-state index in [4.69, 9.17) is 0 Å². The summed E-state index contributed by atoms with van der Waals surface area (Å²) in [6, 6.07) is 7.62. The van der Waals surface area contributed by atoms with Gasteiger partial charge in [-0.15, -0.1) is 11.3 Å². The minimum absolute atomic E-state index is 0.259. The Morgan fingerprint density at radius 2 is 2.16 bits per heavy atom. The number of hydrogen-bond donors (Lipinski definition) is 0. The van der Waals surface area contributed by atoms with Crippen molar-refractivity contribution in [1.29, 1.82) is 0 Å². The molecule has 2 aromatic heterocycles. The van der Waals surface area contributed by atoms with E-state index < -0.39 is 6.04 Å². The van der Waals surface area contributed by atoms with Gasteiger partial charge in [-0.1, -0.05) is 18.2 Å². The summed E-state index contributed by atoms with van der Waals surface area (Å²) in [5.74, 6) is -0.340. The van der Waals surface area contributed by atoms with Crippen LogP contribution in [0.5, 0.6) is 0 Å². The number of benzene rings is 1. The Morgan fingerprint density at radius 1 is 1.26 bits per heavy atom. The standard InChI is InChI=1S/C23H18FN5OS/c1-27-18-7-6-14(10-15(18)11-25-27)12-28-13-16-21(22-20(28)8-9-31-22)26-29(23(16)30)19-5-3-2-4-17(19)24/h2-4,6-11,13,19H,5,12H2,1H3. The van der Waals surface area contributed by atoms with Crippen LogP contribution in [-0.2, 0) is 13.6 Å². The molecule has 8 heteroatoms. The fourth-order valence-corrected chi connectivity index (χ4v) is 5.21. The SMILES string of the molecule is Cn1ncc2cc(Cn3cc4c(=O)n(C5CC=CC=C5F)nc-4c4sccc43)ccc21. The highest BCUT2D eigenvalue weighted by Gasteiger charge is 2.27. The summed E-state index contributed by atoms with van der Waals surface area (Å²) >= 11 is 1.55. The highest BCUT2D eigenvalue weighted by Crippen LogP contribution is 2.34. The molecule has 1 atom stereocenters. The lowest BCUT2D eigenvalue weighted by Gasteiger charge is -2.14. The maximum atomic E-state index is 14.4. The Labute approximate surface area is 180 Å². The second kappa shape index (κ2) is 6.75. The number of thiophene rings is 1. The van der Waals surface area contributed by atoms with Gasteiger partial charge in [0.25, 0.3) is 5.56 Å². The third-order valence-electron chi connectivity index (χ3n) is 5.88. The van der Waals surface area contributed by atoms with Crippen molar-refractivity contribution >= 4 is 32.5 Å². The molecule has 0 fully saturated rings. The number of allylic oxidation sites excluding steroid dienone is 4. The first kappa shape index (κ1) is 18.3. The number of nitrogens with zero attached hydrogens (tertiary/aromatic N) is 5. The Morgan fingerprint density at radius 3 is 3.03 bits per heavy atom. The number of halogens is 1. The number of fused-ring (bicyclic) bond motifs is 4. The molecule has 2 aliphatic heterocycles. The second-order valence-corrected chi connectivity index (χ2v) is 8.71. The van der Waals surface area contributed by atoms with E-state index in [1.807, 2.05) is 41.6 Å². The van der Waals surface area contributed by atoms with Crippen molar-refractivity contribution in [2.45, 2.75) is 19.0 Å². The highest BCUT2D eigenvalue weighted by molar-refractivity contribution is 7.17. The van der Waals surface area contributed by atoms with E-state index >= 15 is 0 Å². The lowest BCUT2D eigenvalue weighted by Crippen LogP contribution is -2.23. The third kappa shape index (κ3) is 2.79. The van der Waals surface area contributed by atoms with Gasteiger partial charge in [-0.2, -0.15) is 10.2 Å².